The van der Waals surface area contributed by atoms with Gasteiger partial charge in [-0.25, -0.2) is 0 Å². The van der Waals surface area contributed by atoms with Gasteiger partial charge in [0.15, 0.2) is 6.10 Å². The monoisotopic (exact) mass is 919 g/mol. The van der Waals surface area contributed by atoms with Crippen LogP contribution in [0.2, 0.25) is 0 Å². The second-order valence-electron chi connectivity index (χ2n) is 20.3. The molecule has 0 heterocycles. The van der Waals surface area contributed by atoms with Crippen LogP contribution in [0.5, 0.6) is 0 Å². The molecule has 0 saturated carbocycles. The summed E-state index contributed by atoms with van der Waals surface area (Å²) in [7, 11) is 0. The first-order chi connectivity index (χ1) is 32.0. The highest BCUT2D eigenvalue weighted by atomic mass is 16.6. The van der Waals surface area contributed by atoms with E-state index in [4.69, 9.17) is 14.2 Å². The van der Waals surface area contributed by atoms with Crippen LogP contribution in [0.25, 0.3) is 0 Å². The zero-order valence-corrected chi connectivity index (χ0v) is 44.3. The van der Waals surface area contributed by atoms with E-state index in [-0.39, 0.29) is 31.1 Å². The van der Waals surface area contributed by atoms with E-state index in [1.165, 1.54) is 244 Å². The summed E-state index contributed by atoms with van der Waals surface area (Å²) < 4.78 is 16.8. The number of hydrogen-bond acceptors (Lipinski definition) is 6. The number of carbonyl (C=O) groups is 3. The minimum atomic E-state index is -0.759. The highest BCUT2D eigenvalue weighted by Gasteiger charge is 2.19. The lowest BCUT2D eigenvalue weighted by Gasteiger charge is -2.18. The standard InChI is InChI=1S/C59H114O6/c1-4-7-10-13-16-18-20-21-22-23-24-25-26-27-28-29-30-31-32-33-34-35-36-37-39-40-43-46-49-52-58(61)64-55-56(54-63-57(60)51-48-45-42-15-12-9-6-3)65-59(62)53-50-47-44-41-38-19-17-14-11-8-5-2/h56H,4-55H2,1-3H3. The number of rotatable bonds is 55. The Bertz CT molecular complexity index is 967. The van der Waals surface area contributed by atoms with Gasteiger partial charge in [0.05, 0.1) is 0 Å². The molecule has 0 radical (unpaired) electrons. The van der Waals surface area contributed by atoms with E-state index >= 15 is 0 Å². The van der Waals surface area contributed by atoms with Crippen LogP contribution in [0.1, 0.15) is 342 Å². The Morgan fingerprint density at radius 3 is 0.615 bits per heavy atom. The minimum Gasteiger partial charge on any atom is -0.462 e. The lowest BCUT2D eigenvalue weighted by molar-refractivity contribution is -0.167. The van der Waals surface area contributed by atoms with Crippen molar-refractivity contribution in [1.82, 2.24) is 0 Å². The molecule has 0 saturated heterocycles. The van der Waals surface area contributed by atoms with E-state index in [0.29, 0.717) is 19.3 Å². The largest absolute Gasteiger partial charge is 0.462 e. The van der Waals surface area contributed by atoms with Gasteiger partial charge in [0.1, 0.15) is 13.2 Å². The molecular formula is C59H114O6. The molecule has 65 heavy (non-hydrogen) atoms. The van der Waals surface area contributed by atoms with Gasteiger partial charge < -0.3 is 14.2 Å². The van der Waals surface area contributed by atoms with Crippen molar-refractivity contribution in [2.75, 3.05) is 13.2 Å². The Hall–Kier alpha value is -1.59. The summed E-state index contributed by atoms with van der Waals surface area (Å²) in [6.45, 7) is 6.64. The summed E-state index contributed by atoms with van der Waals surface area (Å²) in [5, 5.41) is 0. The molecule has 0 aromatic rings. The Labute approximate surface area is 406 Å². The number of hydrogen-bond donors (Lipinski definition) is 0. The van der Waals surface area contributed by atoms with Crippen molar-refractivity contribution in [1.29, 1.82) is 0 Å². The molecule has 1 atom stereocenters. The van der Waals surface area contributed by atoms with E-state index in [9.17, 15) is 14.4 Å². The molecule has 0 aliphatic rings. The molecule has 0 amide bonds. The van der Waals surface area contributed by atoms with Crippen molar-refractivity contribution in [2.24, 2.45) is 0 Å². The summed E-state index contributed by atoms with van der Waals surface area (Å²) in [5.74, 6) is -0.848. The molecule has 0 aliphatic carbocycles. The van der Waals surface area contributed by atoms with Crippen LogP contribution in [0.3, 0.4) is 0 Å². The highest BCUT2D eigenvalue weighted by molar-refractivity contribution is 5.71. The van der Waals surface area contributed by atoms with Crippen LogP contribution in [-0.4, -0.2) is 37.2 Å². The maximum absolute atomic E-state index is 12.7. The number of esters is 3. The fraction of sp³-hybridized carbons (Fsp3) is 0.949. The Kier molecular flexibility index (Phi) is 53.7. The van der Waals surface area contributed by atoms with Gasteiger partial charge in [-0.1, -0.05) is 303 Å². The smallest absolute Gasteiger partial charge is 0.306 e. The van der Waals surface area contributed by atoms with Crippen LogP contribution in [-0.2, 0) is 28.6 Å². The average molecular weight is 920 g/mol. The van der Waals surface area contributed by atoms with Crippen LogP contribution in [0.4, 0.5) is 0 Å². The predicted molar refractivity (Wildman–Crippen MR) is 280 cm³/mol. The van der Waals surface area contributed by atoms with Crippen molar-refractivity contribution in [3.63, 3.8) is 0 Å². The first-order valence-corrected chi connectivity index (χ1v) is 29.5. The van der Waals surface area contributed by atoms with Gasteiger partial charge in [0.2, 0.25) is 0 Å². The molecule has 1 unspecified atom stereocenters. The molecule has 0 aliphatic heterocycles. The van der Waals surface area contributed by atoms with Crippen LogP contribution >= 0.6 is 0 Å². The minimum absolute atomic E-state index is 0.0624. The summed E-state index contributed by atoms with van der Waals surface area (Å²) in [6.07, 6.45) is 61.5. The molecular weight excluding hydrogens is 805 g/mol. The van der Waals surface area contributed by atoms with Gasteiger partial charge in [0.25, 0.3) is 0 Å². The maximum Gasteiger partial charge on any atom is 0.306 e. The normalized spacial score (nSPS) is 11.9. The van der Waals surface area contributed by atoms with Crippen molar-refractivity contribution < 1.29 is 28.6 Å². The van der Waals surface area contributed by atoms with Gasteiger partial charge in [-0.2, -0.15) is 0 Å². The fourth-order valence-electron chi connectivity index (χ4n) is 9.15. The fourth-order valence-corrected chi connectivity index (χ4v) is 9.15. The van der Waals surface area contributed by atoms with E-state index in [1.54, 1.807) is 0 Å². The molecule has 386 valence electrons. The average Bonchev–Trinajstić information content (AvgIpc) is 3.30. The van der Waals surface area contributed by atoms with E-state index in [0.717, 1.165) is 57.8 Å². The van der Waals surface area contributed by atoms with Crippen molar-refractivity contribution >= 4 is 17.9 Å². The number of ether oxygens (including phenoxy) is 3. The molecule has 0 aromatic heterocycles. The summed E-state index contributed by atoms with van der Waals surface area (Å²) in [6, 6.07) is 0. The van der Waals surface area contributed by atoms with Crippen LogP contribution in [0, 0.1) is 0 Å². The molecule has 0 fully saturated rings. The molecule has 6 heteroatoms. The van der Waals surface area contributed by atoms with Gasteiger partial charge in [0, 0.05) is 19.3 Å². The predicted octanol–water partition coefficient (Wildman–Crippen LogP) is 19.5. The van der Waals surface area contributed by atoms with Gasteiger partial charge in [-0.15, -0.1) is 0 Å². The first-order valence-electron chi connectivity index (χ1n) is 29.5. The molecule has 0 spiro atoms. The van der Waals surface area contributed by atoms with Gasteiger partial charge in [-0.3, -0.25) is 14.4 Å². The van der Waals surface area contributed by atoms with Crippen LogP contribution in [0.15, 0.2) is 0 Å². The van der Waals surface area contributed by atoms with E-state index in [2.05, 4.69) is 20.8 Å². The van der Waals surface area contributed by atoms with E-state index < -0.39 is 6.10 Å². The van der Waals surface area contributed by atoms with Crippen molar-refractivity contribution in [3.8, 4) is 0 Å². The van der Waals surface area contributed by atoms with Crippen molar-refractivity contribution in [2.45, 2.75) is 348 Å². The second-order valence-corrected chi connectivity index (χ2v) is 20.3. The Morgan fingerprint density at radius 1 is 0.246 bits per heavy atom. The third-order valence-electron chi connectivity index (χ3n) is 13.6. The third-order valence-corrected chi connectivity index (χ3v) is 13.6. The summed E-state index contributed by atoms with van der Waals surface area (Å²) in [4.78, 5) is 37.8. The Morgan fingerprint density at radius 2 is 0.415 bits per heavy atom. The van der Waals surface area contributed by atoms with Crippen LogP contribution < -0.4 is 0 Å². The number of unbranched alkanes of at least 4 members (excludes halogenated alkanes) is 44. The molecule has 0 bridgehead atoms. The zero-order valence-electron chi connectivity index (χ0n) is 44.3. The zero-order chi connectivity index (χ0) is 47.2. The lowest BCUT2D eigenvalue weighted by atomic mass is 10.0. The van der Waals surface area contributed by atoms with Gasteiger partial charge >= 0.3 is 17.9 Å². The first kappa shape index (κ1) is 63.4. The molecule has 0 rings (SSSR count). The van der Waals surface area contributed by atoms with E-state index in [1.807, 2.05) is 0 Å². The maximum atomic E-state index is 12.7. The highest BCUT2D eigenvalue weighted by Crippen LogP contribution is 2.18. The summed E-state index contributed by atoms with van der Waals surface area (Å²) in [5.41, 5.74) is 0. The summed E-state index contributed by atoms with van der Waals surface area (Å²) >= 11 is 0. The SMILES string of the molecule is CCCCCCCCCCCCCCCCCCCCCCCCCCCCCCCC(=O)OCC(COC(=O)CCCCCCCCC)OC(=O)CCCCCCCCCCCCC. The second kappa shape index (κ2) is 55.0. The lowest BCUT2D eigenvalue weighted by Crippen LogP contribution is -2.30. The quantitative estimate of drug-likeness (QED) is 0.0344. The molecule has 6 nitrogen and oxygen atoms in total. The molecule has 0 N–H and O–H groups in total. The van der Waals surface area contributed by atoms with Gasteiger partial charge in [-0.05, 0) is 19.3 Å². The molecule has 0 aromatic carbocycles. The Balaban J connectivity index is 3.92. The third kappa shape index (κ3) is 53.2. The number of carbonyl (C=O) groups excluding carboxylic acids is 3. The topological polar surface area (TPSA) is 78.9 Å². The van der Waals surface area contributed by atoms with Crippen molar-refractivity contribution in [3.05, 3.63) is 0 Å².